The van der Waals surface area contributed by atoms with Crippen molar-refractivity contribution >= 4 is 0 Å². The maximum Gasteiger partial charge on any atom is 0.128 e. The van der Waals surface area contributed by atoms with Crippen LogP contribution in [0, 0.1) is 0 Å². The van der Waals surface area contributed by atoms with Crippen LogP contribution in [0.1, 0.15) is 22.8 Å². The molecule has 0 heterocycles. The summed E-state index contributed by atoms with van der Waals surface area (Å²) in [6.45, 7) is 0.450. The van der Waals surface area contributed by atoms with E-state index in [2.05, 4.69) is 0 Å². The Morgan fingerprint density at radius 1 is 0.952 bits per heavy atom. The highest BCUT2D eigenvalue weighted by Gasteiger charge is 2.18. The molecule has 0 aliphatic carbocycles. The topological polar surface area (TPSA) is 47.9 Å². The van der Waals surface area contributed by atoms with E-state index in [0.29, 0.717) is 23.7 Å². The average Bonchev–Trinajstić information content (AvgIpc) is 2.54. The molecule has 0 bridgehead atoms. The van der Waals surface area contributed by atoms with Crippen LogP contribution < -0.4 is 9.47 Å². The van der Waals surface area contributed by atoms with Gasteiger partial charge in [0.05, 0.1) is 20.8 Å². The first kappa shape index (κ1) is 15.4. The molecule has 2 aromatic carbocycles. The lowest BCUT2D eigenvalue weighted by Crippen LogP contribution is -2.06. The minimum Gasteiger partial charge on any atom is -0.497 e. The number of ether oxygens (including phenoxy) is 3. The third kappa shape index (κ3) is 3.35. The highest BCUT2D eigenvalue weighted by atomic mass is 16.5. The van der Waals surface area contributed by atoms with Crippen molar-refractivity contribution in [3.8, 4) is 11.5 Å². The standard InChI is InChI=1S/C17H20O4/c1-19-11-12-6-4-5-7-14(12)17(18)15-9-8-13(20-2)10-16(15)21-3/h4-10,17-18H,11H2,1-3H3. The van der Waals surface area contributed by atoms with Gasteiger partial charge in [0.1, 0.15) is 17.6 Å². The monoisotopic (exact) mass is 288 g/mol. The zero-order valence-electron chi connectivity index (χ0n) is 12.5. The first-order valence-electron chi connectivity index (χ1n) is 6.68. The molecule has 112 valence electrons. The van der Waals surface area contributed by atoms with Crippen molar-refractivity contribution in [3.05, 3.63) is 59.2 Å². The summed E-state index contributed by atoms with van der Waals surface area (Å²) in [6.07, 6.45) is -0.780. The van der Waals surface area contributed by atoms with Gasteiger partial charge in [-0.2, -0.15) is 0 Å². The molecule has 0 saturated heterocycles. The normalized spacial score (nSPS) is 12.0. The fourth-order valence-corrected chi connectivity index (χ4v) is 2.30. The quantitative estimate of drug-likeness (QED) is 0.888. The Labute approximate surface area is 124 Å². The lowest BCUT2D eigenvalue weighted by molar-refractivity contribution is 0.175. The summed E-state index contributed by atoms with van der Waals surface area (Å²) < 4.78 is 15.7. The molecule has 1 unspecified atom stereocenters. The summed E-state index contributed by atoms with van der Waals surface area (Å²) in [4.78, 5) is 0. The zero-order valence-corrected chi connectivity index (χ0v) is 12.5. The molecule has 0 fully saturated rings. The molecule has 0 aliphatic heterocycles. The van der Waals surface area contributed by atoms with E-state index in [4.69, 9.17) is 14.2 Å². The highest BCUT2D eigenvalue weighted by Crippen LogP contribution is 2.34. The van der Waals surface area contributed by atoms with Crippen molar-refractivity contribution in [2.75, 3.05) is 21.3 Å². The van der Waals surface area contributed by atoms with Gasteiger partial charge in [-0.15, -0.1) is 0 Å². The van der Waals surface area contributed by atoms with Crippen LogP contribution in [0.4, 0.5) is 0 Å². The number of hydrogen-bond acceptors (Lipinski definition) is 4. The molecule has 0 radical (unpaired) electrons. The van der Waals surface area contributed by atoms with Crippen molar-refractivity contribution in [1.29, 1.82) is 0 Å². The van der Waals surface area contributed by atoms with Gasteiger partial charge in [-0.25, -0.2) is 0 Å². The Bertz CT molecular complexity index is 595. The molecule has 0 saturated carbocycles. The van der Waals surface area contributed by atoms with Gasteiger partial charge >= 0.3 is 0 Å². The second-order valence-corrected chi connectivity index (χ2v) is 4.64. The molecule has 0 spiro atoms. The van der Waals surface area contributed by atoms with Crippen LogP contribution in [0.3, 0.4) is 0 Å². The Kier molecular flexibility index (Phi) is 5.20. The summed E-state index contributed by atoms with van der Waals surface area (Å²) in [7, 11) is 4.81. The molecule has 0 amide bonds. The van der Waals surface area contributed by atoms with E-state index < -0.39 is 6.10 Å². The number of benzene rings is 2. The van der Waals surface area contributed by atoms with Gasteiger partial charge in [-0.05, 0) is 23.3 Å². The molecule has 0 aromatic heterocycles. The Morgan fingerprint density at radius 2 is 1.71 bits per heavy atom. The van der Waals surface area contributed by atoms with Crippen LogP contribution in [-0.4, -0.2) is 26.4 Å². The summed E-state index contributed by atoms with van der Waals surface area (Å²) in [6, 6.07) is 13.0. The van der Waals surface area contributed by atoms with Crippen molar-refractivity contribution in [1.82, 2.24) is 0 Å². The van der Waals surface area contributed by atoms with Crippen LogP contribution in [0.5, 0.6) is 11.5 Å². The minimum atomic E-state index is -0.780. The van der Waals surface area contributed by atoms with Crippen LogP contribution in [0.2, 0.25) is 0 Å². The van der Waals surface area contributed by atoms with Gasteiger partial charge in [0.15, 0.2) is 0 Å². The second-order valence-electron chi connectivity index (χ2n) is 4.64. The fourth-order valence-electron chi connectivity index (χ4n) is 2.30. The summed E-state index contributed by atoms with van der Waals surface area (Å²) in [5.74, 6) is 1.28. The first-order valence-corrected chi connectivity index (χ1v) is 6.68. The summed E-state index contributed by atoms with van der Waals surface area (Å²) in [5.41, 5.74) is 2.45. The van der Waals surface area contributed by atoms with Gasteiger partial charge in [0.25, 0.3) is 0 Å². The number of hydrogen-bond donors (Lipinski definition) is 1. The van der Waals surface area contributed by atoms with Gasteiger partial charge in [0, 0.05) is 18.7 Å². The largest absolute Gasteiger partial charge is 0.497 e. The van der Waals surface area contributed by atoms with E-state index in [9.17, 15) is 5.11 Å². The Balaban J connectivity index is 2.42. The molecule has 4 nitrogen and oxygen atoms in total. The lowest BCUT2D eigenvalue weighted by atomic mass is 9.96. The van der Waals surface area contributed by atoms with Crippen molar-refractivity contribution in [3.63, 3.8) is 0 Å². The van der Waals surface area contributed by atoms with Crippen LogP contribution in [0.15, 0.2) is 42.5 Å². The maximum absolute atomic E-state index is 10.7. The summed E-state index contributed by atoms with van der Waals surface area (Å²) in [5, 5.41) is 10.7. The minimum absolute atomic E-state index is 0.450. The van der Waals surface area contributed by atoms with Crippen molar-refractivity contribution in [2.24, 2.45) is 0 Å². The Hall–Kier alpha value is -2.04. The number of aliphatic hydroxyl groups excluding tert-OH is 1. The molecule has 21 heavy (non-hydrogen) atoms. The molecule has 1 N–H and O–H groups in total. The van der Waals surface area contributed by atoms with Crippen LogP contribution >= 0.6 is 0 Å². The van der Waals surface area contributed by atoms with Gasteiger partial charge in [-0.3, -0.25) is 0 Å². The molecule has 4 heteroatoms. The predicted molar refractivity (Wildman–Crippen MR) is 80.8 cm³/mol. The van der Waals surface area contributed by atoms with Gasteiger partial charge < -0.3 is 19.3 Å². The maximum atomic E-state index is 10.7. The molecule has 0 aliphatic rings. The molecule has 2 rings (SSSR count). The number of aliphatic hydroxyl groups is 1. The van der Waals surface area contributed by atoms with E-state index in [1.54, 1.807) is 33.5 Å². The van der Waals surface area contributed by atoms with E-state index in [-0.39, 0.29) is 0 Å². The molecule has 1 atom stereocenters. The summed E-state index contributed by atoms with van der Waals surface area (Å²) >= 11 is 0. The fraction of sp³-hybridized carbons (Fsp3) is 0.294. The SMILES string of the molecule is COCc1ccccc1C(O)c1ccc(OC)cc1OC. The van der Waals surface area contributed by atoms with E-state index in [1.165, 1.54) is 0 Å². The van der Waals surface area contributed by atoms with Crippen LogP contribution in [-0.2, 0) is 11.3 Å². The van der Waals surface area contributed by atoms with Gasteiger partial charge in [-0.1, -0.05) is 24.3 Å². The molecule has 2 aromatic rings. The lowest BCUT2D eigenvalue weighted by Gasteiger charge is -2.18. The first-order chi connectivity index (χ1) is 10.2. The van der Waals surface area contributed by atoms with E-state index in [1.807, 2.05) is 30.3 Å². The zero-order chi connectivity index (χ0) is 15.2. The second kappa shape index (κ2) is 7.11. The molecular formula is C17H20O4. The smallest absolute Gasteiger partial charge is 0.128 e. The van der Waals surface area contributed by atoms with Gasteiger partial charge in [0.2, 0.25) is 0 Å². The highest BCUT2D eigenvalue weighted by molar-refractivity contribution is 5.46. The third-order valence-electron chi connectivity index (χ3n) is 3.38. The number of methoxy groups -OCH3 is 3. The van der Waals surface area contributed by atoms with Crippen molar-refractivity contribution in [2.45, 2.75) is 12.7 Å². The van der Waals surface area contributed by atoms with Crippen molar-refractivity contribution < 1.29 is 19.3 Å². The van der Waals surface area contributed by atoms with E-state index in [0.717, 1.165) is 11.1 Å². The molecular weight excluding hydrogens is 268 g/mol. The van der Waals surface area contributed by atoms with E-state index >= 15 is 0 Å². The van der Waals surface area contributed by atoms with Crippen LogP contribution in [0.25, 0.3) is 0 Å². The number of rotatable bonds is 6. The average molecular weight is 288 g/mol. The Morgan fingerprint density at radius 3 is 2.38 bits per heavy atom. The predicted octanol–water partition coefficient (Wildman–Crippen LogP) is 2.93. The third-order valence-corrected chi connectivity index (χ3v) is 3.38.